The Morgan fingerprint density at radius 3 is 2.38 bits per heavy atom. The van der Waals surface area contributed by atoms with Crippen molar-refractivity contribution in [3.8, 4) is 0 Å². The lowest BCUT2D eigenvalue weighted by atomic mass is 10.2. The molecule has 0 aliphatic carbocycles. The van der Waals surface area contributed by atoms with Crippen LogP contribution in [0.3, 0.4) is 0 Å². The van der Waals surface area contributed by atoms with Gasteiger partial charge in [0.2, 0.25) is 15.9 Å². The normalized spacial score (nSPS) is 13.2. The highest BCUT2D eigenvalue weighted by Gasteiger charge is 2.22. The van der Waals surface area contributed by atoms with Crippen LogP contribution in [0.4, 0.5) is 5.69 Å². The molecule has 1 unspecified atom stereocenters. The van der Waals surface area contributed by atoms with Crippen molar-refractivity contribution in [2.75, 3.05) is 12.3 Å². The smallest absolute Gasteiger partial charge is 0.241 e. The van der Waals surface area contributed by atoms with Gasteiger partial charge in [-0.05, 0) is 43.5 Å². The number of nitrogens with one attached hydrogen (secondary N) is 2. The molecule has 0 heterocycles. The average molecular weight is 313 g/mol. The van der Waals surface area contributed by atoms with Crippen molar-refractivity contribution in [3.05, 3.63) is 23.8 Å². The highest BCUT2D eigenvalue weighted by Crippen LogP contribution is 2.16. The molecule has 7 heteroatoms. The lowest BCUT2D eigenvalue weighted by Gasteiger charge is -2.16. The van der Waals surface area contributed by atoms with Gasteiger partial charge in [0.15, 0.2) is 0 Å². The summed E-state index contributed by atoms with van der Waals surface area (Å²) in [4.78, 5) is 11.9. The zero-order valence-corrected chi connectivity index (χ0v) is 13.6. The minimum atomic E-state index is -3.78. The van der Waals surface area contributed by atoms with Crippen molar-refractivity contribution in [2.45, 2.75) is 38.6 Å². The molecular formula is C14H23N3O3S. The molecule has 118 valence electrons. The first kappa shape index (κ1) is 17.5. The molecule has 21 heavy (non-hydrogen) atoms. The molecule has 1 aromatic carbocycles. The van der Waals surface area contributed by atoms with E-state index in [-0.39, 0.29) is 10.8 Å². The molecule has 0 fully saturated rings. The number of nitrogens with two attached hydrogens (primary N) is 1. The van der Waals surface area contributed by atoms with E-state index >= 15 is 0 Å². The maximum Gasteiger partial charge on any atom is 0.241 e. The zero-order valence-electron chi connectivity index (χ0n) is 12.8. The Bertz CT molecular complexity index is 592. The van der Waals surface area contributed by atoms with E-state index in [1.165, 1.54) is 19.1 Å². The summed E-state index contributed by atoms with van der Waals surface area (Å²) in [6, 6.07) is 3.71. The van der Waals surface area contributed by atoms with Crippen LogP contribution in [-0.2, 0) is 14.8 Å². The van der Waals surface area contributed by atoms with Crippen LogP contribution >= 0.6 is 0 Å². The Kier molecular flexibility index (Phi) is 5.74. The fourth-order valence-electron chi connectivity index (χ4n) is 1.74. The third-order valence-electron chi connectivity index (χ3n) is 2.79. The molecular weight excluding hydrogens is 290 g/mol. The predicted molar refractivity (Wildman–Crippen MR) is 83.2 cm³/mol. The van der Waals surface area contributed by atoms with E-state index in [1.54, 1.807) is 13.0 Å². The summed E-state index contributed by atoms with van der Waals surface area (Å²) < 4.78 is 26.8. The van der Waals surface area contributed by atoms with Gasteiger partial charge in [-0.15, -0.1) is 0 Å². The molecule has 4 N–H and O–H groups in total. The fourth-order valence-corrected chi connectivity index (χ4v) is 3.08. The number of nitrogen functional groups attached to an aromatic ring is 1. The fraction of sp³-hybridized carbons (Fsp3) is 0.500. The maximum absolute atomic E-state index is 12.2. The second-order valence-electron chi connectivity index (χ2n) is 5.56. The number of anilines is 1. The second-order valence-corrected chi connectivity index (χ2v) is 7.28. The first-order chi connectivity index (χ1) is 9.61. The average Bonchev–Trinajstić information content (AvgIpc) is 2.34. The Morgan fingerprint density at radius 2 is 1.86 bits per heavy atom. The first-order valence-corrected chi connectivity index (χ1v) is 8.27. The number of sulfonamides is 1. The monoisotopic (exact) mass is 313 g/mol. The molecule has 0 aliphatic rings. The number of benzene rings is 1. The molecule has 0 aromatic heterocycles. The molecule has 0 bridgehead atoms. The summed E-state index contributed by atoms with van der Waals surface area (Å²) in [5.74, 6) is -0.0535. The third-order valence-corrected chi connectivity index (χ3v) is 4.31. The summed E-state index contributed by atoms with van der Waals surface area (Å²) in [6.45, 7) is 7.69. The number of aryl methyl sites for hydroxylation is 1. The van der Waals surface area contributed by atoms with Gasteiger partial charge in [-0.25, -0.2) is 8.42 Å². The van der Waals surface area contributed by atoms with Crippen molar-refractivity contribution in [3.63, 3.8) is 0 Å². The molecule has 0 spiro atoms. The molecule has 1 amide bonds. The molecule has 6 nitrogen and oxygen atoms in total. The van der Waals surface area contributed by atoms with Gasteiger partial charge in [-0.2, -0.15) is 4.72 Å². The Hall–Kier alpha value is -1.60. The summed E-state index contributed by atoms with van der Waals surface area (Å²) >= 11 is 0. The number of carbonyl (C=O) groups is 1. The van der Waals surface area contributed by atoms with Crippen LogP contribution in [0.2, 0.25) is 0 Å². The number of hydrogen-bond acceptors (Lipinski definition) is 4. The van der Waals surface area contributed by atoms with Crippen LogP contribution < -0.4 is 15.8 Å². The van der Waals surface area contributed by atoms with Gasteiger partial charge in [0, 0.05) is 12.2 Å². The van der Waals surface area contributed by atoms with E-state index < -0.39 is 16.1 Å². The van der Waals surface area contributed by atoms with Gasteiger partial charge in [-0.3, -0.25) is 4.79 Å². The highest BCUT2D eigenvalue weighted by molar-refractivity contribution is 7.89. The summed E-state index contributed by atoms with van der Waals surface area (Å²) in [5, 5.41) is 2.69. The quantitative estimate of drug-likeness (QED) is 0.682. The van der Waals surface area contributed by atoms with E-state index in [9.17, 15) is 13.2 Å². The van der Waals surface area contributed by atoms with Crippen molar-refractivity contribution in [2.24, 2.45) is 5.92 Å². The van der Waals surface area contributed by atoms with Gasteiger partial charge in [0.05, 0.1) is 10.9 Å². The van der Waals surface area contributed by atoms with Crippen molar-refractivity contribution < 1.29 is 13.2 Å². The van der Waals surface area contributed by atoms with E-state index in [0.717, 1.165) is 5.56 Å². The number of rotatable bonds is 6. The lowest BCUT2D eigenvalue weighted by Crippen LogP contribution is -2.45. The summed E-state index contributed by atoms with van der Waals surface area (Å²) in [7, 11) is -3.78. The largest absolute Gasteiger partial charge is 0.399 e. The topological polar surface area (TPSA) is 101 Å². The van der Waals surface area contributed by atoms with E-state index in [2.05, 4.69) is 10.0 Å². The number of hydrogen-bond donors (Lipinski definition) is 3. The predicted octanol–water partition coefficient (Wildman–Crippen LogP) is 1.02. The van der Waals surface area contributed by atoms with Gasteiger partial charge < -0.3 is 11.1 Å². The molecule has 0 aliphatic heterocycles. The van der Waals surface area contributed by atoms with Gasteiger partial charge in [0.1, 0.15) is 0 Å². The lowest BCUT2D eigenvalue weighted by molar-refractivity contribution is -0.122. The molecule has 0 radical (unpaired) electrons. The van der Waals surface area contributed by atoms with Crippen molar-refractivity contribution in [1.82, 2.24) is 10.0 Å². The molecule has 0 saturated heterocycles. The Morgan fingerprint density at radius 1 is 1.24 bits per heavy atom. The van der Waals surface area contributed by atoms with Crippen LogP contribution in [0, 0.1) is 12.8 Å². The number of carbonyl (C=O) groups excluding carboxylic acids is 1. The van der Waals surface area contributed by atoms with Crippen molar-refractivity contribution in [1.29, 1.82) is 0 Å². The van der Waals surface area contributed by atoms with Gasteiger partial charge in [0.25, 0.3) is 0 Å². The molecule has 0 saturated carbocycles. The van der Waals surface area contributed by atoms with Crippen LogP contribution in [0.1, 0.15) is 26.3 Å². The first-order valence-electron chi connectivity index (χ1n) is 6.79. The van der Waals surface area contributed by atoms with E-state index in [1.807, 2.05) is 13.8 Å². The summed E-state index contributed by atoms with van der Waals surface area (Å²) in [5.41, 5.74) is 6.77. The Labute approximate surface area is 126 Å². The minimum absolute atomic E-state index is 0.0588. The zero-order chi connectivity index (χ0) is 16.2. The summed E-state index contributed by atoms with van der Waals surface area (Å²) in [6.07, 6.45) is 0. The highest BCUT2D eigenvalue weighted by atomic mass is 32.2. The van der Waals surface area contributed by atoms with Crippen LogP contribution in [-0.4, -0.2) is 26.9 Å². The third kappa shape index (κ3) is 5.35. The van der Waals surface area contributed by atoms with Crippen LogP contribution in [0.5, 0.6) is 0 Å². The Balaban J connectivity index is 2.82. The molecule has 1 aromatic rings. The number of amides is 1. The van der Waals surface area contributed by atoms with Crippen LogP contribution in [0.25, 0.3) is 0 Å². The SMILES string of the molecule is Cc1cc(N)cc(S(=O)(=O)NC(C)C(=O)NCC(C)C)c1. The molecule has 1 rings (SSSR count). The minimum Gasteiger partial charge on any atom is -0.399 e. The van der Waals surface area contributed by atoms with E-state index in [4.69, 9.17) is 5.73 Å². The van der Waals surface area contributed by atoms with Crippen molar-refractivity contribution >= 4 is 21.6 Å². The standard InChI is InChI=1S/C14H23N3O3S/c1-9(2)8-16-14(18)11(4)17-21(19,20)13-6-10(3)5-12(15)7-13/h5-7,9,11,17H,8,15H2,1-4H3,(H,16,18). The van der Waals surface area contributed by atoms with Crippen LogP contribution in [0.15, 0.2) is 23.1 Å². The van der Waals surface area contributed by atoms with Gasteiger partial charge in [-0.1, -0.05) is 13.8 Å². The molecule has 1 atom stereocenters. The second kappa shape index (κ2) is 6.91. The maximum atomic E-state index is 12.2. The van der Waals surface area contributed by atoms with Gasteiger partial charge >= 0.3 is 0 Å². The van der Waals surface area contributed by atoms with E-state index in [0.29, 0.717) is 18.2 Å².